The molecule has 0 bridgehead atoms. The zero-order valence-electron chi connectivity index (χ0n) is 9.26. The summed E-state index contributed by atoms with van der Waals surface area (Å²) in [6, 6.07) is 7.95. The Morgan fingerprint density at radius 3 is 2.94 bits per heavy atom. The van der Waals surface area contributed by atoms with Crippen molar-refractivity contribution in [3.05, 3.63) is 48.0 Å². The van der Waals surface area contributed by atoms with Crippen molar-refractivity contribution in [3.63, 3.8) is 0 Å². The predicted molar refractivity (Wildman–Crippen MR) is 62.2 cm³/mol. The topological polar surface area (TPSA) is 53.1 Å². The van der Waals surface area contributed by atoms with Crippen molar-refractivity contribution in [2.24, 2.45) is 5.73 Å². The van der Waals surface area contributed by atoms with E-state index in [2.05, 4.69) is 4.98 Å². The summed E-state index contributed by atoms with van der Waals surface area (Å²) in [6.07, 6.45) is 3.57. The number of nitrogens with zero attached hydrogens (tertiary/aromatic N) is 2. The van der Waals surface area contributed by atoms with Crippen LogP contribution in [0.25, 0.3) is 0 Å². The van der Waals surface area contributed by atoms with Crippen LogP contribution in [0, 0.1) is 0 Å². The van der Waals surface area contributed by atoms with Crippen molar-refractivity contribution >= 4 is 0 Å². The van der Waals surface area contributed by atoms with E-state index in [0.717, 1.165) is 23.6 Å². The number of nitrogens with two attached hydrogens (primary N) is 1. The van der Waals surface area contributed by atoms with Gasteiger partial charge in [-0.1, -0.05) is 18.2 Å². The Hall–Kier alpha value is -1.81. The first-order valence-electron chi connectivity index (χ1n) is 5.16. The fourth-order valence-electron chi connectivity index (χ4n) is 1.68. The predicted octanol–water partition coefficient (Wildman–Crippen LogP) is 1.40. The van der Waals surface area contributed by atoms with Gasteiger partial charge < -0.3 is 15.0 Å². The second kappa shape index (κ2) is 4.81. The normalized spacial score (nSPS) is 10.4. The molecular weight excluding hydrogens is 202 g/mol. The van der Waals surface area contributed by atoms with Gasteiger partial charge in [-0.25, -0.2) is 4.98 Å². The summed E-state index contributed by atoms with van der Waals surface area (Å²) in [5.41, 5.74) is 7.77. The minimum Gasteiger partial charge on any atom is -0.496 e. The monoisotopic (exact) mass is 217 g/mol. The molecule has 1 aromatic heterocycles. The van der Waals surface area contributed by atoms with Crippen molar-refractivity contribution in [1.29, 1.82) is 0 Å². The highest BCUT2D eigenvalue weighted by atomic mass is 16.5. The number of hydrogen-bond acceptors (Lipinski definition) is 3. The van der Waals surface area contributed by atoms with Crippen LogP contribution in [0.15, 0.2) is 36.8 Å². The number of para-hydroxylation sites is 1. The van der Waals surface area contributed by atoms with Gasteiger partial charge in [0.15, 0.2) is 0 Å². The molecule has 0 amide bonds. The molecule has 0 saturated heterocycles. The van der Waals surface area contributed by atoms with Gasteiger partial charge in [-0.3, -0.25) is 0 Å². The Labute approximate surface area is 94.7 Å². The molecule has 0 saturated carbocycles. The number of hydrogen-bond donors (Lipinski definition) is 1. The highest BCUT2D eigenvalue weighted by Gasteiger charge is 2.05. The van der Waals surface area contributed by atoms with Crippen LogP contribution >= 0.6 is 0 Å². The van der Waals surface area contributed by atoms with E-state index < -0.39 is 0 Å². The quantitative estimate of drug-likeness (QED) is 0.842. The third-order valence-corrected chi connectivity index (χ3v) is 2.54. The van der Waals surface area contributed by atoms with Gasteiger partial charge in [-0.05, 0) is 6.07 Å². The van der Waals surface area contributed by atoms with Crippen molar-refractivity contribution in [1.82, 2.24) is 9.55 Å². The summed E-state index contributed by atoms with van der Waals surface area (Å²) >= 11 is 0. The van der Waals surface area contributed by atoms with E-state index in [1.54, 1.807) is 19.6 Å². The summed E-state index contributed by atoms with van der Waals surface area (Å²) in [6.45, 7) is 1.23. The summed E-state index contributed by atoms with van der Waals surface area (Å²) in [7, 11) is 1.68. The molecule has 0 unspecified atom stereocenters. The fourth-order valence-corrected chi connectivity index (χ4v) is 1.68. The third kappa shape index (κ3) is 2.06. The molecule has 0 atom stereocenters. The van der Waals surface area contributed by atoms with Gasteiger partial charge in [0, 0.05) is 18.3 Å². The van der Waals surface area contributed by atoms with Crippen molar-refractivity contribution in [2.45, 2.75) is 13.1 Å². The molecule has 0 aliphatic heterocycles. The first-order chi connectivity index (χ1) is 7.85. The lowest BCUT2D eigenvalue weighted by atomic mass is 10.2. The Balaban J connectivity index is 2.26. The Bertz CT molecular complexity index is 465. The largest absolute Gasteiger partial charge is 0.496 e. The average molecular weight is 217 g/mol. The first-order valence-corrected chi connectivity index (χ1v) is 5.16. The van der Waals surface area contributed by atoms with Crippen LogP contribution < -0.4 is 10.5 Å². The minimum absolute atomic E-state index is 0.495. The molecule has 84 valence electrons. The SMILES string of the molecule is COc1ccccc1Cn1cncc1CN. The highest BCUT2D eigenvalue weighted by Crippen LogP contribution is 2.18. The third-order valence-electron chi connectivity index (χ3n) is 2.54. The number of methoxy groups -OCH3 is 1. The minimum atomic E-state index is 0.495. The molecule has 0 aliphatic rings. The second-order valence-electron chi connectivity index (χ2n) is 3.53. The standard InChI is InChI=1S/C12H15N3O/c1-16-12-5-3-2-4-10(12)8-15-9-14-7-11(15)6-13/h2-5,7,9H,6,8,13H2,1H3. The van der Waals surface area contributed by atoms with Crippen LogP contribution in [-0.2, 0) is 13.1 Å². The molecule has 1 heterocycles. The van der Waals surface area contributed by atoms with Gasteiger partial charge in [-0.2, -0.15) is 0 Å². The van der Waals surface area contributed by atoms with Crippen LogP contribution in [0.4, 0.5) is 0 Å². The number of aromatic nitrogens is 2. The van der Waals surface area contributed by atoms with Crippen LogP contribution in [0.3, 0.4) is 0 Å². The van der Waals surface area contributed by atoms with Crippen molar-refractivity contribution in [3.8, 4) is 5.75 Å². The Kier molecular flexibility index (Phi) is 3.22. The smallest absolute Gasteiger partial charge is 0.123 e. The summed E-state index contributed by atoms with van der Waals surface area (Å²) < 4.78 is 7.33. The second-order valence-corrected chi connectivity index (χ2v) is 3.53. The van der Waals surface area contributed by atoms with Crippen LogP contribution in [0.1, 0.15) is 11.3 Å². The van der Waals surface area contributed by atoms with Gasteiger partial charge in [-0.15, -0.1) is 0 Å². The Morgan fingerprint density at radius 1 is 1.38 bits per heavy atom. The zero-order chi connectivity index (χ0) is 11.4. The van der Waals surface area contributed by atoms with Crippen molar-refractivity contribution in [2.75, 3.05) is 7.11 Å². The summed E-state index contributed by atoms with van der Waals surface area (Å²) in [5, 5.41) is 0. The molecule has 4 nitrogen and oxygen atoms in total. The number of rotatable bonds is 4. The maximum atomic E-state index is 5.63. The number of benzene rings is 1. The van der Waals surface area contributed by atoms with E-state index in [1.165, 1.54) is 0 Å². The molecule has 2 rings (SSSR count). The molecule has 4 heteroatoms. The van der Waals surface area contributed by atoms with Crippen LogP contribution in [-0.4, -0.2) is 16.7 Å². The molecule has 16 heavy (non-hydrogen) atoms. The van der Waals surface area contributed by atoms with E-state index in [4.69, 9.17) is 10.5 Å². The summed E-state index contributed by atoms with van der Waals surface area (Å²) in [4.78, 5) is 4.09. The maximum absolute atomic E-state index is 5.63. The van der Waals surface area contributed by atoms with Gasteiger partial charge in [0.1, 0.15) is 5.75 Å². The highest BCUT2D eigenvalue weighted by molar-refractivity contribution is 5.33. The van der Waals surface area contributed by atoms with Gasteiger partial charge in [0.05, 0.1) is 25.7 Å². The maximum Gasteiger partial charge on any atom is 0.123 e. The van der Waals surface area contributed by atoms with E-state index >= 15 is 0 Å². The van der Waals surface area contributed by atoms with E-state index in [0.29, 0.717) is 6.54 Å². The zero-order valence-corrected chi connectivity index (χ0v) is 9.26. The molecule has 0 radical (unpaired) electrons. The lowest BCUT2D eigenvalue weighted by molar-refractivity contribution is 0.408. The van der Waals surface area contributed by atoms with Gasteiger partial charge in [0.25, 0.3) is 0 Å². The summed E-state index contributed by atoms with van der Waals surface area (Å²) in [5.74, 6) is 0.888. The molecule has 0 fully saturated rings. The van der Waals surface area contributed by atoms with Gasteiger partial charge in [0.2, 0.25) is 0 Å². The molecule has 2 N–H and O–H groups in total. The number of ether oxygens (including phenoxy) is 1. The molecule has 0 aliphatic carbocycles. The van der Waals surface area contributed by atoms with Gasteiger partial charge >= 0.3 is 0 Å². The van der Waals surface area contributed by atoms with Crippen LogP contribution in [0.5, 0.6) is 5.75 Å². The molecule has 2 aromatic rings. The average Bonchev–Trinajstić information content (AvgIpc) is 2.77. The van der Waals surface area contributed by atoms with E-state index in [9.17, 15) is 0 Å². The van der Waals surface area contributed by atoms with E-state index in [-0.39, 0.29) is 0 Å². The lowest BCUT2D eigenvalue weighted by Crippen LogP contribution is -2.08. The van der Waals surface area contributed by atoms with E-state index in [1.807, 2.05) is 28.8 Å². The Morgan fingerprint density at radius 2 is 2.19 bits per heavy atom. The van der Waals surface area contributed by atoms with Crippen molar-refractivity contribution < 1.29 is 4.74 Å². The molecular formula is C12H15N3O. The van der Waals surface area contributed by atoms with Crippen LogP contribution in [0.2, 0.25) is 0 Å². The number of imidazole rings is 1. The molecule has 0 spiro atoms. The lowest BCUT2D eigenvalue weighted by Gasteiger charge is -2.10. The molecule has 1 aromatic carbocycles. The fraction of sp³-hybridized carbons (Fsp3) is 0.250. The first kappa shape index (κ1) is 10.7.